The lowest BCUT2D eigenvalue weighted by atomic mass is 9.95. The summed E-state index contributed by atoms with van der Waals surface area (Å²) in [6.07, 6.45) is 1.55. The number of fused-ring (bicyclic) bond motifs is 1. The molecule has 2 aromatic carbocycles. The Kier molecular flexibility index (Phi) is 9.72. The van der Waals surface area contributed by atoms with Gasteiger partial charge in [0.05, 0.1) is 45.1 Å². The highest BCUT2D eigenvalue weighted by Gasteiger charge is 2.35. The van der Waals surface area contributed by atoms with Crippen molar-refractivity contribution >= 4 is 56.9 Å². The fourth-order valence-corrected chi connectivity index (χ4v) is 6.33. The van der Waals surface area contributed by atoms with Gasteiger partial charge in [-0.1, -0.05) is 41.1 Å². The van der Waals surface area contributed by atoms with E-state index in [1.807, 2.05) is 38.1 Å². The summed E-state index contributed by atoms with van der Waals surface area (Å²) in [7, 11) is 1.26. The molecule has 1 aromatic heterocycles. The molecule has 0 aliphatic carbocycles. The molecule has 0 saturated carbocycles. The number of nitrogens with zero attached hydrogens (tertiary/aromatic N) is 2. The van der Waals surface area contributed by atoms with Crippen LogP contribution in [0.4, 0.5) is 0 Å². The van der Waals surface area contributed by atoms with Crippen LogP contribution in [0.1, 0.15) is 44.9 Å². The molecule has 4 rings (SSSR count). The van der Waals surface area contributed by atoms with Gasteiger partial charge in [0.2, 0.25) is 0 Å². The van der Waals surface area contributed by atoms with Crippen LogP contribution in [-0.2, 0) is 19.1 Å². The Balaban J connectivity index is 1.88. The number of allylic oxidation sites excluding steroid dienone is 1. The molecule has 12 heteroatoms. The van der Waals surface area contributed by atoms with Crippen LogP contribution in [0.5, 0.6) is 11.5 Å². The van der Waals surface area contributed by atoms with E-state index >= 15 is 0 Å². The Morgan fingerprint density at radius 1 is 1.24 bits per heavy atom. The van der Waals surface area contributed by atoms with Gasteiger partial charge in [-0.2, -0.15) is 0 Å². The number of rotatable bonds is 9. The van der Waals surface area contributed by atoms with E-state index in [9.17, 15) is 14.4 Å². The highest BCUT2D eigenvalue weighted by atomic mass is 79.9. The first-order chi connectivity index (χ1) is 19.5. The van der Waals surface area contributed by atoms with Crippen LogP contribution in [-0.4, -0.2) is 42.9 Å². The van der Waals surface area contributed by atoms with Crippen molar-refractivity contribution in [2.45, 2.75) is 39.8 Å². The van der Waals surface area contributed by atoms with Gasteiger partial charge in [0.15, 0.2) is 17.2 Å². The SMILES string of the molecule is CCOC(=O)C1=C(C)N=c2s/c(=C/c3cc(Cl)c(OCC(=O)OC)c(Br)c3)c(=O)n2[C@H]1c1ccccc1OC(C)C. The predicted molar refractivity (Wildman–Crippen MR) is 159 cm³/mol. The summed E-state index contributed by atoms with van der Waals surface area (Å²) in [5, 5.41) is 0.236. The highest BCUT2D eigenvalue weighted by molar-refractivity contribution is 9.10. The standard InChI is InChI=1S/C29H28BrClN2O7S/c1-6-38-28(36)24-16(4)32-29-33(25(24)18-9-7-8-10-21(18)40-15(2)3)27(35)22(41-29)13-17-11-19(30)26(20(31)12-17)39-14-23(34)37-5/h7-13,15,25H,6,14H2,1-5H3/b22-13+/t25-/m0/s1. The van der Waals surface area contributed by atoms with E-state index in [-0.39, 0.29) is 41.2 Å². The maximum Gasteiger partial charge on any atom is 0.343 e. The van der Waals surface area contributed by atoms with Crippen LogP contribution < -0.4 is 24.4 Å². The molecule has 0 spiro atoms. The quantitative estimate of drug-likeness (QED) is 0.310. The van der Waals surface area contributed by atoms with Crippen LogP contribution in [0.3, 0.4) is 0 Å². The minimum atomic E-state index is -0.813. The first-order valence-corrected chi connectivity index (χ1v) is 14.7. The van der Waals surface area contributed by atoms with E-state index in [0.717, 1.165) is 0 Å². The van der Waals surface area contributed by atoms with Crippen molar-refractivity contribution in [2.24, 2.45) is 4.99 Å². The summed E-state index contributed by atoms with van der Waals surface area (Å²) < 4.78 is 23.9. The van der Waals surface area contributed by atoms with Gasteiger partial charge in [-0.3, -0.25) is 9.36 Å². The fraction of sp³-hybridized carbons (Fsp3) is 0.310. The van der Waals surface area contributed by atoms with Crippen LogP contribution in [0.15, 0.2) is 61.9 Å². The van der Waals surface area contributed by atoms with Crippen molar-refractivity contribution in [3.05, 3.63) is 88.0 Å². The lowest BCUT2D eigenvalue weighted by Gasteiger charge is -2.26. The Hall–Kier alpha value is -3.41. The lowest BCUT2D eigenvalue weighted by molar-refractivity contribution is -0.143. The summed E-state index contributed by atoms with van der Waals surface area (Å²) in [5.41, 5.74) is 1.63. The average Bonchev–Trinajstić information content (AvgIpc) is 3.21. The van der Waals surface area contributed by atoms with Gasteiger partial charge in [0.1, 0.15) is 11.8 Å². The third-order valence-electron chi connectivity index (χ3n) is 5.97. The Morgan fingerprint density at radius 2 is 1.98 bits per heavy atom. The summed E-state index contributed by atoms with van der Waals surface area (Å²) in [4.78, 5) is 43.7. The fourth-order valence-electron chi connectivity index (χ4n) is 4.30. The van der Waals surface area contributed by atoms with E-state index in [4.69, 9.17) is 25.8 Å². The van der Waals surface area contributed by atoms with Crippen molar-refractivity contribution in [3.63, 3.8) is 0 Å². The number of hydrogen-bond donors (Lipinski definition) is 0. The number of carbonyl (C=O) groups excluding carboxylic acids is 2. The minimum Gasteiger partial charge on any atom is -0.491 e. The molecule has 0 fully saturated rings. The van der Waals surface area contributed by atoms with Crippen molar-refractivity contribution < 1.29 is 28.5 Å². The summed E-state index contributed by atoms with van der Waals surface area (Å²) >= 11 is 11.0. The Bertz CT molecular complexity index is 1690. The number of hydrogen-bond acceptors (Lipinski definition) is 9. The maximum absolute atomic E-state index is 14.0. The number of para-hydroxylation sites is 1. The topological polar surface area (TPSA) is 105 Å². The molecular formula is C29H28BrClN2O7S. The molecule has 0 bridgehead atoms. The maximum atomic E-state index is 14.0. The number of benzene rings is 2. The number of esters is 2. The molecule has 0 unspecified atom stereocenters. The highest BCUT2D eigenvalue weighted by Crippen LogP contribution is 2.37. The second kappa shape index (κ2) is 13.1. The molecule has 216 valence electrons. The van der Waals surface area contributed by atoms with E-state index in [0.29, 0.717) is 36.4 Å². The molecule has 0 amide bonds. The predicted octanol–water partition coefficient (Wildman–Crippen LogP) is 4.55. The zero-order valence-electron chi connectivity index (χ0n) is 23.0. The van der Waals surface area contributed by atoms with Crippen molar-refractivity contribution in [1.82, 2.24) is 4.57 Å². The number of thiazole rings is 1. The van der Waals surface area contributed by atoms with Gasteiger partial charge >= 0.3 is 11.9 Å². The van der Waals surface area contributed by atoms with Crippen LogP contribution in [0.2, 0.25) is 5.02 Å². The molecular weight excluding hydrogens is 636 g/mol. The summed E-state index contributed by atoms with van der Waals surface area (Å²) in [5.74, 6) is -0.278. The van der Waals surface area contributed by atoms with Gasteiger partial charge < -0.3 is 18.9 Å². The second-order valence-corrected chi connectivity index (χ2v) is 11.5. The van der Waals surface area contributed by atoms with Crippen molar-refractivity contribution in [1.29, 1.82) is 0 Å². The zero-order valence-corrected chi connectivity index (χ0v) is 26.2. The molecule has 0 N–H and O–H groups in total. The molecule has 1 atom stereocenters. The number of halogens is 2. The lowest BCUT2D eigenvalue weighted by Crippen LogP contribution is -2.40. The summed E-state index contributed by atoms with van der Waals surface area (Å²) in [6.45, 7) is 7.13. The van der Waals surface area contributed by atoms with Crippen LogP contribution in [0, 0.1) is 0 Å². The average molecular weight is 664 g/mol. The molecule has 3 aromatic rings. The van der Waals surface area contributed by atoms with E-state index in [1.165, 1.54) is 23.0 Å². The van der Waals surface area contributed by atoms with Crippen LogP contribution in [0.25, 0.3) is 6.08 Å². The smallest absolute Gasteiger partial charge is 0.343 e. The van der Waals surface area contributed by atoms with Crippen molar-refractivity contribution in [3.8, 4) is 11.5 Å². The first kappa shape index (κ1) is 30.5. The van der Waals surface area contributed by atoms with Gasteiger partial charge in [-0.05, 0) is 73.5 Å². The van der Waals surface area contributed by atoms with E-state index in [2.05, 4.69) is 25.7 Å². The number of ether oxygens (including phenoxy) is 4. The minimum absolute atomic E-state index is 0.133. The molecule has 1 aliphatic heterocycles. The molecule has 41 heavy (non-hydrogen) atoms. The summed E-state index contributed by atoms with van der Waals surface area (Å²) in [6, 6.07) is 9.84. The second-order valence-electron chi connectivity index (χ2n) is 9.19. The van der Waals surface area contributed by atoms with E-state index in [1.54, 1.807) is 32.1 Å². The largest absolute Gasteiger partial charge is 0.491 e. The van der Waals surface area contributed by atoms with Gasteiger partial charge in [0, 0.05) is 5.56 Å². The Labute approximate surface area is 253 Å². The van der Waals surface area contributed by atoms with Gasteiger partial charge in [0.25, 0.3) is 5.56 Å². The van der Waals surface area contributed by atoms with Gasteiger partial charge in [-0.15, -0.1) is 0 Å². The first-order valence-electron chi connectivity index (χ1n) is 12.7. The zero-order chi connectivity index (χ0) is 29.8. The third kappa shape index (κ3) is 6.58. The van der Waals surface area contributed by atoms with Gasteiger partial charge in [-0.25, -0.2) is 14.6 Å². The number of aromatic nitrogens is 1. The van der Waals surface area contributed by atoms with Crippen molar-refractivity contribution in [2.75, 3.05) is 20.3 Å². The molecule has 0 saturated heterocycles. The number of carbonyl (C=O) groups is 2. The molecule has 2 heterocycles. The van der Waals surface area contributed by atoms with Crippen LogP contribution >= 0.6 is 38.9 Å². The Morgan fingerprint density at radius 3 is 2.63 bits per heavy atom. The normalized spacial score (nSPS) is 14.9. The molecule has 1 aliphatic rings. The third-order valence-corrected chi connectivity index (χ3v) is 7.83. The number of methoxy groups -OCH3 is 1. The molecule has 0 radical (unpaired) electrons. The van der Waals surface area contributed by atoms with E-state index < -0.39 is 18.0 Å². The molecule has 9 nitrogen and oxygen atoms in total. The monoisotopic (exact) mass is 662 g/mol.